The van der Waals surface area contributed by atoms with Crippen molar-refractivity contribution in [1.82, 2.24) is 15.0 Å². The zero-order valence-electron chi connectivity index (χ0n) is 17.6. The summed E-state index contributed by atoms with van der Waals surface area (Å²) in [6.07, 6.45) is 13.1. The third-order valence-electron chi connectivity index (χ3n) is 8.54. The maximum Gasteiger partial charge on any atom is 0.159 e. The van der Waals surface area contributed by atoms with Crippen LogP contribution < -0.4 is 0 Å². The van der Waals surface area contributed by atoms with Crippen LogP contribution in [0.2, 0.25) is 0 Å². The van der Waals surface area contributed by atoms with Gasteiger partial charge in [0, 0.05) is 5.92 Å². The third-order valence-corrected chi connectivity index (χ3v) is 8.54. The van der Waals surface area contributed by atoms with Gasteiger partial charge in [-0.1, -0.05) is 18.6 Å². The van der Waals surface area contributed by atoms with Gasteiger partial charge in [0.2, 0.25) is 0 Å². The number of rotatable bonds is 3. The molecule has 0 saturated heterocycles. The highest BCUT2D eigenvalue weighted by atomic mass is 19.1. The average Bonchev–Trinajstić information content (AvgIpc) is 3.36. The van der Waals surface area contributed by atoms with E-state index in [9.17, 15) is 13.6 Å². The van der Waals surface area contributed by atoms with Crippen LogP contribution in [-0.4, -0.2) is 34.1 Å². The van der Waals surface area contributed by atoms with Crippen LogP contribution in [0.1, 0.15) is 58.3 Å². The van der Waals surface area contributed by atoms with Crippen LogP contribution in [-0.2, 0) is 11.3 Å². The molecule has 6 unspecified atom stereocenters. The van der Waals surface area contributed by atoms with Crippen molar-refractivity contribution in [3.8, 4) is 0 Å². The van der Waals surface area contributed by atoms with E-state index in [0.717, 1.165) is 38.0 Å². The Morgan fingerprint density at radius 2 is 1.90 bits per heavy atom. The van der Waals surface area contributed by atoms with Crippen molar-refractivity contribution < 1.29 is 13.6 Å². The topological polar surface area (TPSA) is 47.8 Å². The van der Waals surface area contributed by atoms with Gasteiger partial charge in [-0.2, -0.15) is 15.0 Å². The summed E-state index contributed by atoms with van der Waals surface area (Å²) in [7, 11) is 0.500. The van der Waals surface area contributed by atoms with E-state index in [-0.39, 0.29) is 11.3 Å². The van der Waals surface area contributed by atoms with Gasteiger partial charge in [-0.15, -0.1) is 0 Å². The van der Waals surface area contributed by atoms with Crippen molar-refractivity contribution in [3.05, 3.63) is 24.0 Å². The lowest BCUT2D eigenvalue weighted by Gasteiger charge is -2.53. The Balaban J connectivity index is 0.000000994. The molecule has 7 atom stereocenters. The lowest BCUT2D eigenvalue weighted by molar-refractivity contribution is -0.129. The Bertz CT molecular complexity index is 749. The molecule has 0 aromatic carbocycles. The van der Waals surface area contributed by atoms with E-state index in [4.69, 9.17) is 0 Å². The van der Waals surface area contributed by atoms with Gasteiger partial charge in [0.15, 0.2) is 5.78 Å². The fourth-order valence-corrected chi connectivity index (χ4v) is 7.33. The summed E-state index contributed by atoms with van der Waals surface area (Å²) in [4.78, 5) is 14.6. The minimum atomic E-state index is -0.623. The van der Waals surface area contributed by atoms with Crippen LogP contribution in [0.15, 0.2) is 24.0 Å². The maximum absolute atomic E-state index is 13.9. The molecule has 0 spiro atoms. The van der Waals surface area contributed by atoms with Gasteiger partial charge in [-0.25, -0.2) is 4.39 Å². The van der Waals surface area contributed by atoms with E-state index in [1.807, 2.05) is 0 Å². The van der Waals surface area contributed by atoms with Crippen LogP contribution >= 0.6 is 0 Å². The average molecular weight is 406 g/mol. The highest BCUT2D eigenvalue weighted by Crippen LogP contribution is 2.63. The van der Waals surface area contributed by atoms with E-state index in [1.54, 1.807) is 12.4 Å². The van der Waals surface area contributed by atoms with Crippen molar-refractivity contribution in [2.24, 2.45) is 35.0 Å². The summed E-state index contributed by atoms with van der Waals surface area (Å²) >= 11 is 0. The lowest BCUT2D eigenvalue weighted by Crippen LogP contribution is -2.47. The van der Waals surface area contributed by atoms with Crippen LogP contribution in [0, 0.1) is 35.0 Å². The van der Waals surface area contributed by atoms with Crippen LogP contribution in [0.5, 0.6) is 0 Å². The molecule has 6 heteroatoms. The van der Waals surface area contributed by atoms with E-state index in [2.05, 4.69) is 23.2 Å². The SMILES string of the molecule is CC12CCC3C4CC[C@H](F)CC4=CCC3C1CCC2C(=O)Cn1nccn1.CF. The van der Waals surface area contributed by atoms with Gasteiger partial charge in [-0.05, 0) is 80.5 Å². The molecule has 4 aliphatic carbocycles. The van der Waals surface area contributed by atoms with Gasteiger partial charge in [0.1, 0.15) is 12.7 Å². The minimum Gasteiger partial charge on any atom is -0.297 e. The van der Waals surface area contributed by atoms with Gasteiger partial charge < -0.3 is 0 Å². The fraction of sp³-hybridized carbons (Fsp3) is 0.783. The van der Waals surface area contributed by atoms with Crippen LogP contribution in [0.4, 0.5) is 8.78 Å². The molecule has 29 heavy (non-hydrogen) atoms. The van der Waals surface area contributed by atoms with Gasteiger partial charge in [0.05, 0.1) is 19.6 Å². The standard InChI is InChI=1S/C22H30FN3O.CH3F/c1-22-9-8-17-16-5-3-15(23)12-14(16)2-4-18(17)19(22)6-7-20(22)21(27)13-26-24-10-11-25-26;1-2/h2,10-11,15-20H,3-9,12-13H2,1H3;1H3/t15-,16?,17?,18?,19?,20?,22?;/m0./s1. The minimum absolute atomic E-state index is 0.119. The Morgan fingerprint density at radius 3 is 2.66 bits per heavy atom. The van der Waals surface area contributed by atoms with Crippen molar-refractivity contribution in [2.45, 2.75) is 71.0 Å². The molecule has 0 radical (unpaired) electrons. The highest BCUT2D eigenvalue weighted by Gasteiger charge is 2.57. The number of Topliss-reactive ketones (excluding diaryl/α,β-unsaturated/α-hetero) is 1. The number of nitrogens with zero attached hydrogens (tertiary/aromatic N) is 3. The monoisotopic (exact) mass is 405 g/mol. The number of carbonyl (C=O) groups excluding carboxylic acids is 1. The Morgan fingerprint density at radius 1 is 1.14 bits per heavy atom. The summed E-state index contributed by atoms with van der Waals surface area (Å²) in [5, 5.41) is 8.24. The van der Waals surface area contributed by atoms with E-state index in [0.29, 0.717) is 43.7 Å². The number of carbonyl (C=O) groups is 1. The first-order valence-electron chi connectivity index (χ1n) is 11.1. The smallest absolute Gasteiger partial charge is 0.159 e. The quantitative estimate of drug-likeness (QED) is 0.668. The molecule has 1 aromatic heterocycles. The van der Waals surface area contributed by atoms with E-state index < -0.39 is 6.17 Å². The second-order valence-corrected chi connectivity index (χ2v) is 9.63. The molecule has 160 valence electrons. The Hall–Kier alpha value is -1.59. The summed E-state index contributed by atoms with van der Waals surface area (Å²) in [5.41, 5.74) is 1.53. The molecule has 3 fully saturated rings. The van der Waals surface area contributed by atoms with Crippen LogP contribution in [0.3, 0.4) is 0 Å². The zero-order valence-corrected chi connectivity index (χ0v) is 17.6. The van der Waals surface area contributed by atoms with Gasteiger partial charge in [-0.3, -0.25) is 9.18 Å². The first-order chi connectivity index (χ1) is 14.1. The summed E-state index contributed by atoms with van der Waals surface area (Å²) in [5.74, 6) is 3.10. The van der Waals surface area contributed by atoms with Crippen molar-refractivity contribution in [2.75, 3.05) is 7.18 Å². The number of allylic oxidation sites excluding steroid dienone is 2. The summed E-state index contributed by atoms with van der Waals surface area (Å²) in [6, 6.07) is 0. The second kappa shape index (κ2) is 8.27. The molecular formula is C23H33F2N3O. The number of fused-ring (bicyclic) bond motifs is 5. The van der Waals surface area contributed by atoms with Gasteiger partial charge in [0.25, 0.3) is 0 Å². The van der Waals surface area contributed by atoms with Gasteiger partial charge >= 0.3 is 0 Å². The Labute approximate surface area is 172 Å². The Kier molecular flexibility index (Phi) is 5.90. The predicted molar refractivity (Wildman–Crippen MR) is 108 cm³/mol. The molecule has 3 saturated carbocycles. The molecule has 0 bridgehead atoms. The lowest BCUT2D eigenvalue weighted by atomic mass is 9.51. The second-order valence-electron chi connectivity index (χ2n) is 9.63. The largest absolute Gasteiger partial charge is 0.297 e. The molecule has 1 heterocycles. The summed E-state index contributed by atoms with van der Waals surface area (Å²) < 4.78 is 23.4. The molecular weight excluding hydrogens is 372 g/mol. The molecule has 5 rings (SSSR count). The van der Waals surface area contributed by atoms with Crippen molar-refractivity contribution in [1.29, 1.82) is 0 Å². The maximum atomic E-state index is 13.9. The van der Waals surface area contributed by atoms with Crippen molar-refractivity contribution >= 4 is 5.78 Å². The fourth-order valence-electron chi connectivity index (χ4n) is 7.33. The molecule has 0 N–H and O–H groups in total. The number of halogens is 2. The molecule has 1 aromatic rings. The normalized spacial score (nSPS) is 40.6. The van der Waals surface area contributed by atoms with E-state index >= 15 is 0 Å². The van der Waals surface area contributed by atoms with E-state index in [1.165, 1.54) is 23.2 Å². The molecule has 0 amide bonds. The predicted octanol–water partition coefficient (Wildman–Crippen LogP) is 4.96. The first-order valence-corrected chi connectivity index (χ1v) is 11.1. The number of hydrogen-bond donors (Lipinski definition) is 0. The third kappa shape index (κ3) is 3.57. The van der Waals surface area contributed by atoms with Crippen molar-refractivity contribution in [3.63, 3.8) is 0 Å². The number of ketones is 1. The first kappa shape index (κ1) is 20.7. The summed E-state index contributed by atoms with van der Waals surface area (Å²) in [6.45, 7) is 2.68. The number of aromatic nitrogens is 3. The number of hydrogen-bond acceptors (Lipinski definition) is 3. The molecule has 0 aliphatic heterocycles. The molecule has 4 aliphatic rings. The highest BCUT2D eigenvalue weighted by molar-refractivity contribution is 5.82. The molecule has 4 nitrogen and oxygen atoms in total. The van der Waals surface area contributed by atoms with Crippen LogP contribution in [0.25, 0.3) is 0 Å². The number of alkyl halides is 2. The zero-order chi connectivity index (χ0) is 20.6.